The van der Waals surface area contributed by atoms with Crippen LogP contribution in [0.2, 0.25) is 0 Å². The molecule has 7 nitrogen and oxygen atoms in total. The van der Waals surface area contributed by atoms with Crippen molar-refractivity contribution in [2.75, 3.05) is 26.2 Å². The highest BCUT2D eigenvalue weighted by molar-refractivity contribution is 5.95. The first-order chi connectivity index (χ1) is 14.5. The Morgan fingerprint density at radius 1 is 1.07 bits per heavy atom. The number of benzene rings is 1. The van der Waals surface area contributed by atoms with Crippen molar-refractivity contribution in [3.8, 4) is 0 Å². The first-order valence-corrected chi connectivity index (χ1v) is 10.8. The molecule has 1 aromatic heterocycles. The summed E-state index contributed by atoms with van der Waals surface area (Å²) in [5.74, 6) is 0.392. The van der Waals surface area contributed by atoms with Crippen molar-refractivity contribution in [2.45, 2.75) is 51.2 Å². The van der Waals surface area contributed by atoms with E-state index < -0.39 is 0 Å². The van der Waals surface area contributed by atoms with Crippen LogP contribution in [0.25, 0.3) is 0 Å². The number of nitrogens with zero attached hydrogens (tertiary/aromatic N) is 3. The molecule has 2 aromatic rings. The summed E-state index contributed by atoms with van der Waals surface area (Å²) in [5, 5.41) is 7.25. The van der Waals surface area contributed by atoms with Crippen LogP contribution >= 0.6 is 0 Å². The highest BCUT2D eigenvalue weighted by atomic mass is 16.5. The molecule has 2 aliphatic heterocycles. The van der Waals surface area contributed by atoms with Gasteiger partial charge in [0.05, 0.1) is 36.1 Å². The molecule has 30 heavy (non-hydrogen) atoms. The van der Waals surface area contributed by atoms with Crippen molar-refractivity contribution >= 4 is 11.8 Å². The summed E-state index contributed by atoms with van der Waals surface area (Å²) >= 11 is 0. The number of ether oxygens (including phenoxy) is 1. The number of aromatic amines is 1. The predicted octanol–water partition coefficient (Wildman–Crippen LogP) is 2.61. The molecule has 1 N–H and O–H groups in total. The monoisotopic (exact) mass is 410 g/mol. The highest BCUT2D eigenvalue weighted by Crippen LogP contribution is 2.30. The number of morpholine rings is 1. The number of aromatic nitrogens is 2. The van der Waals surface area contributed by atoms with Crippen molar-refractivity contribution < 1.29 is 14.3 Å². The molecule has 3 heterocycles. The third-order valence-corrected chi connectivity index (χ3v) is 6.06. The van der Waals surface area contributed by atoms with Crippen LogP contribution in [0, 0.1) is 0 Å². The molecule has 2 fully saturated rings. The number of nitrogens with one attached hydrogen (secondary N) is 1. The minimum atomic E-state index is 0.0170. The van der Waals surface area contributed by atoms with Crippen molar-refractivity contribution in [2.24, 2.45) is 0 Å². The van der Waals surface area contributed by atoms with Crippen LogP contribution < -0.4 is 0 Å². The fraction of sp³-hybridized carbons (Fsp3) is 0.522. The van der Waals surface area contributed by atoms with E-state index in [-0.39, 0.29) is 29.9 Å². The van der Waals surface area contributed by atoms with E-state index in [9.17, 15) is 9.59 Å². The Morgan fingerprint density at radius 3 is 2.40 bits per heavy atom. The molecule has 2 saturated heterocycles. The van der Waals surface area contributed by atoms with Gasteiger partial charge in [0.1, 0.15) is 0 Å². The van der Waals surface area contributed by atoms with Gasteiger partial charge in [0.2, 0.25) is 5.91 Å². The smallest absolute Gasteiger partial charge is 0.257 e. The number of carbonyl (C=O) groups excluding carboxylic acids is 2. The summed E-state index contributed by atoms with van der Waals surface area (Å²) in [5.41, 5.74) is 2.60. The van der Waals surface area contributed by atoms with Crippen LogP contribution in [0.15, 0.2) is 36.5 Å². The van der Waals surface area contributed by atoms with Gasteiger partial charge in [-0.05, 0) is 32.3 Å². The van der Waals surface area contributed by atoms with Crippen molar-refractivity contribution in [3.63, 3.8) is 0 Å². The lowest BCUT2D eigenvalue weighted by molar-refractivity contribution is -0.131. The third kappa shape index (κ3) is 4.56. The first-order valence-electron chi connectivity index (χ1n) is 10.8. The SMILES string of the molecule is CC1CN(C(=O)c2cn[nH]c2C2CCN(C(=O)Cc3ccccc3)CC2)CC(C)O1. The van der Waals surface area contributed by atoms with Crippen LogP contribution in [0.4, 0.5) is 0 Å². The lowest BCUT2D eigenvalue weighted by Crippen LogP contribution is -2.48. The number of amides is 2. The van der Waals surface area contributed by atoms with E-state index >= 15 is 0 Å². The molecule has 2 atom stereocenters. The zero-order valence-corrected chi connectivity index (χ0v) is 17.7. The van der Waals surface area contributed by atoms with Crippen LogP contribution in [-0.2, 0) is 16.0 Å². The van der Waals surface area contributed by atoms with E-state index in [1.165, 1.54) is 0 Å². The largest absolute Gasteiger partial charge is 0.372 e. The second-order valence-electron chi connectivity index (χ2n) is 8.48. The van der Waals surface area contributed by atoms with Crippen LogP contribution in [0.5, 0.6) is 0 Å². The van der Waals surface area contributed by atoms with E-state index in [4.69, 9.17) is 4.74 Å². The fourth-order valence-electron chi connectivity index (χ4n) is 4.59. The zero-order valence-electron chi connectivity index (χ0n) is 17.7. The summed E-state index contributed by atoms with van der Waals surface area (Å²) in [7, 11) is 0. The molecular formula is C23H30N4O3. The summed E-state index contributed by atoms with van der Waals surface area (Å²) in [6.07, 6.45) is 3.82. The van der Waals surface area contributed by atoms with Gasteiger partial charge in [0.15, 0.2) is 0 Å². The Kier molecular flexibility index (Phi) is 6.18. The fourth-order valence-corrected chi connectivity index (χ4v) is 4.59. The van der Waals surface area contributed by atoms with Crippen LogP contribution in [0.1, 0.15) is 54.2 Å². The van der Waals surface area contributed by atoms with Gasteiger partial charge in [-0.1, -0.05) is 30.3 Å². The topological polar surface area (TPSA) is 78.5 Å². The van der Waals surface area contributed by atoms with Crippen molar-refractivity contribution in [3.05, 3.63) is 53.3 Å². The van der Waals surface area contributed by atoms with Gasteiger partial charge in [0, 0.05) is 32.1 Å². The van der Waals surface area contributed by atoms with E-state index in [2.05, 4.69) is 10.2 Å². The van der Waals surface area contributed by atoms with Gasteiger partial charge in [-0.3, -0.25) is 14.7 Å². The number of H-pyrrole nitrogens is 1. The minimum absolute atomic E-state index is 0.0170. The van der Waals surface area contributed by atoms with E-state index in [0.29, 0.717) is 38.2 Å². The summed E-state index contributed by atoms with van der Waals surface area (Å²) in [4.78, 5) is 29.6. The standard InChI is InChI=1S/C23H30N4O3/c1-16-14-27(15-17(2)30-16)23(29)20-13-24-25-22(20)19-8-10-26(11-9-19)21(28)12-18-6-4-3-5-7-18/h3-7,13,16-17,19H,8-12,14-15H2,1-2H3,(H,24,25). The molecular weight excluding hydrogens is 380 g/mol. The summed E-state index contributed by atoms with van der Waals surface area (Å²) in [6.45, 7) is 6.59. The molecule has 7 heteroatoms. The maximum absolute atomic E-state index is 13.1. The predicted molar refractivity (Wildman–Crippen MR) is 113 cm³/mol. The molecule has 0 saturated carbocycles. The Morgan fingerprint density at radius 2 is 1.73 bits per heavy atom. The number of carbonyl (C=O) groups is 2. The average molecular weight is 411 g/mol. The first kappa shape index (κ1) is 20.6. The Hall–Kier alpha value is -2.67. The maximum atomic E-state index is 13.1. The van der Waals surface area contributed by atoms with E-state index in [1.54, 1.807) is 6.20 Å². The molecule has 0 radical (unpaired) electrons. The Labute approximate surface area is 177 Å². The van der Waals surface area contributed by atoms with E-state index in [1.807, 2.05) is 54.0 Å². The van der Waals surface area contributed by atoms with Gasteiger partial charge in [-0.2, -0.15) is 5.10 Å². The Balaban J connectivity index is 1.37. The zero-order chi connectivity index (χ0) is 21.1. The molecule has 0 spiro atoms. The third-order valence-electron chi connectivity index (χ3n) is 6.06. The number of hydrogen-bond donors (Lipinski definition) is 1. The van der Waals surface area contributed by atoms with Gasteiger partial charge in [-0.15, -0.1) is 0 Å². The van der Waals surface area contributed by atoms with Crippen molar-refractivity contribution in [1.82, 2.24) is 20.0 Å². The van der Waals surface area contributed by atoms with Gasteiger partial charge in [-0.25, -0.2) is 0 Å². The molecule has 160 valence electrons. The minimum Gasteiger partial charge on any atom is -0.372 e. The average Bonchev–Trinajstić information content (AvgIpc) is 3.23. The number of hydrogen-bond acceptors (Lipinski definition) is 4. The summed E-state index contributed by atoms with van der Waals surface area (Å²) in [6, 6.07) is 9.85. The summed E-state index contributed by atoms with van der Waals surface area (Å²) < 4.78 is 5.75. The van der Waals surface area contributed by atoms with Gasteiger partial charge < -0.3 is 14.5 Å². The molecule has 2 aliphatic rings. The van der Waals surface area contributed by atoms with E-state index in [0.717, 1.165) is 24.1 Å². The molecule has 2 unspecified atom stereocenters. The highest BCUT2D eigenvalue weighted by Gasteiger charge is 2.32. The normalized spacial score (nSPS) is 22.9. The second kappa shape index (κ2) is 9.00. The molecule has 0 aliphatic carbocycles. The van der Waals surface area contributed by atoms with Crippen LogP contribution in [0.3, 0.4) is 0 Å². The lowest BCUT2D eigenvalue weighted by Gasteiger charge is -2.36. The van der Waals surface area contributed by atoms with Crippen molar-refractivity contribution in [1.29, 1.82) is 0 Å². The number of piperidine rings is 1. The Bertz CT molecular complexity index is 864. The number of rotatable bonds is 4. The van der Waals surface area contributed by atoms with Gasteiger partial charge >= 0.3 is 0 Å². The molecule has 4 rings (SSSR count). The molecule has 0 bridgehead atoms. The molecule has 1 aromatic carbocycles. The quantitative estimate of drug-likeness (QED) is 0.840. The maximum Gasteiger partial charge on any atom is 0.257 e. The molecule has 2 amide bonds. The number of likely N-dealkylation sites (tertiary alicyclic amines) is 1. The van der Waals surface area contributed by atoms with Gasteiger partial charge in [0.25, 0.3) is 5.91 Å². The second-order valence-corrected chi connectivity index (χ2v) is 8.48. The van der Waals surface area contributed by atoms with Crippen LogP contribution in [-0.4, -0.2) is 70.2 Å². The lowest BCUT2D eigenvalue weighted by atomic mass is 9.90.